The number of nitrogens with one attached hydrogen (secondary N) is 2. The lowest BCUT2D eigenvalue weighted by atomic mass is 10.0. The summed E-state index contributed by atoms with van der Waals surface area (Å²) in [6.45, 7) is 3.99. The van der Waals surface area contributed by atoms with Crippen molar-refractivity contribution in [3.8, 4) is 0 Å². The van der Waals surface area contributed by atoms with Gasteiger partial charge >= 0.3 is 6.03 Å². The smallest absolute Gasteiger partial charge is 0.307 e. The van der Waals surface area contributed by atoms with E-state index in [4.69, 9.17) is 34.8 Å². The van der Waals surface area contributed by atoms with Gasteiger partial charge in [0, 0.05) is 10.2 Å². The SMILES string of the molecule is CC(C)c1cc(Br)ccc1NC(=O)NC(=O)c1cc(Cl)c(Cl)nc1Cl. The van der Waals surface area contributed by atoms with Crippen molar-refractivity contribution in [2.75, 3.05) is 5.32 Å². The van der Waals surface area contributed by atoms with Crippen LogP contribution in [0.1, 0.15) is 35.7 Å². The fourth-order valence-corrected chi connectivity index (χ4v) is 2.99. The van der Waals surface area contributed by atoms with Crippen LogP contribution in [0.3, 0.4) is 0 Å². The van der Waals surface area contributed by atoms with Gasteiger partial charge in [0.05, 0.1) is 10.6 Å². The van der Waals surface area contributed by atoms with Crippen LogP contribution in [-0.4, -0.2) is 16.9 Å². The Morgan fingerprint density at radius 2 is 1.80 bits per heavy atom. The Morgan fingerprint density at radius 1 is 1.12 bits per heavy atom. The van der Waals surface area contributed by atoms with Gasteiger partial charge in [-0.05, 0) is 35.7 Å². The number of carbonyl (C=O) groups is 2. The summed E-state index contributed by atoms with van der Waals surface area (Å²) < 4.78 is 0.895. The molecule has 1 heterocycles. The van der Waals surface area contributed by atoms with E-state index in [1.807, 2.05) is 19.9 Å². The number of urea groups is 1. The van der Waals surface area contributed by atoms with Crippen LogP contribution in [0.5, 0.6) is 0 Å². The zero-order chi connectivity index (χ0) is 18.7. The minimum atomic E-state index is -0.739. The van der Waals surface area contributed by atoms with Gasteiger partial charge in [-0.15, -0.1) is 0 Å². The fourth-order valence-electron chi connectivity index (χ4n) is 2.05. The van der Waals surface area contributed by atoms with Crippen LogP contribution in [-0.2, 0) is 0 Å². The first-order chi connectivity index (χ1) is 11.7. The number of nitrogens with zero attached hydrogens (tertiary/aromatic N) is 1. The second-order valence-corrected chi connectivity index (χ2v) is 7.43. The average molecular weight is 466 g/mol. The molecule has 0 unspecified atom stereocenters. The summed E-state index contributed by atoms with van der Waals surface area (Å²) in [5, 5.41) is 4.73. The van der Waals surface area contributed by atoms with E-state index in [9.17, 15) is 9.59 Å². The van der Waals surface area contributed by atoms with Crippen LogP contribution < -0.4 is 10.6 Å². The van der Waals surface area contributed by atoms with Gasteiger partial charge < -0.3 is 5.32 Å². The highest BCUT2D eigenvalue weighted by Gasteiger charge is 2.18. The maximum Gasteiger partial charge on any atom is 0.326 e. The maximum atomic E-state index is 12.2. The monoisotopic (exact) mass is 463 g/mol. The molecule has 0 saturated carbocycles. The van der Waals surface area contributed by atoms with Gasteiger partial charge in [0.25, 0.3) is 5.91 Å². The third kappa shape index (κ3) is 5.07. The zero-order valence-electron chi connectivity index (χ0n) is 13.2. The van der Waals surface area contributed by atoms with E-state index in [2.05, 4.69) is 31.5 Å². The lowest BCUT2D eigenvalue weighted by Crippen LogP contribution is -2.35. The number of carbonyl (C=O) groups excluding carboxylic acids is 2. The molecule has 0 radical (unpaired) electrons. The first-order valence-corrected chi connectivity index (χ1v) is 9.05. The number of hydrogen-bond acceptors (Lipinski definition) is 3. The molecule has 0 aliphatic heterocycles. The Hall–Kier alpha value is -1.34. The van der Waals surface area contributed by atoms with Gasteiger partial charge in [-0.3, -0.25) is 10.1 Å². The highest BCUT2D eigenvalue weighted by atomic mass is 79.9. The third-order valence-corrected chi connectivity index (χ3v) is 4.70. The number of aromatic nitrogens is 1. The van der Waals surface area contributed by atoms with Gasteiger partial charge in [0.15, 0.2) is 0 Å². The van der Waals surface area contributed by atoms with E-state index < -0.39 is 11.9 Å². The fraction of sp³-hybridized carbons (Fsp3) is 0.188. The van der Waals surface area contributed by atoms with Crippen molar-refractivity contribution in [1.29, 1.82) is 0 Å². The molecular weight excluding hydrogens is 452 g/mol. The Morgan fingerprint density at radius 3 is 2.44 bits per heavy atom. The highest BCUT2D eigenvalue weighted by molar-refractivity contribution is 9.10. The summed E-state index contributed by atoms with van der Waals surface area (Å²) >= 11 is 20.8. The predicted octanol–water partition coefficient (Wildman–Crippen LogP) is 5.89. The van der Waals surface area contributed by atoms with Crippen molar-refractivity contribution in [3.05, 3.63) is 55.2 Å². The van der Waals surface area contributed by atoms with Crippen molar-refractivity contribution in [2.45, 2.75) is 19.8 Å². The van der Waals surface area contributed by atoms with Crippen molar-refractivity contribution in [1.82, 2.24) is 10.3 Å². The molecule has 0 spiro atoms. The average Bonchev–Trinajstić information content (AvgIpc) is 2.52. The van der Waals surface area contributed by atoms with E-state index in [1.54, 1.807) is 12.1 Å². The summed E-state index contributed by atoms with van der Waals surface area (Å²) in [4.78, 5) is 28.1. The number of hydrogen-bond donors (Lipinski definition) is 2. The van der Waals surface area contributed by atoms with Gasteiger partial charge in [-0.25, -0.2) is 9.78 Å². The van der Waals surface area contributed by atoms with Crippen LogP contribution >= 0.6 is 50.7 Å². The van der Waals surface area contributed by atoms with Crippen molar-refractivity contribution < 1.29 is 9.59 Å². The molecule has 2 N–H and O–H groups in total. The molecule has 0 fully saturated rings. The standard InChI is InChI=1S/C16H13BrCl3N3O2/c1-7(2)9-5-8(17)3-4-12(9)21-16(25)23-15(24)10-6-11(18)14(20)22-13(10)19/h3-7H,1-2H3,(H2,21,23,24,25). The second kappa shape index (κ2) is 8.36. The van der Waals surface area contributed by atoms with E-state index in [0.717, 1.165) is 10.0 Å². The second-order valence-electron chi connectivity index (χ2n) is 5.39. The van der Waals surface area contributed by atoms with Crippen molar-refractivity contribution in [2.24, 2.45) is 0 Å². The number of halogens is 4. The summed E-state index contributed by atoms with van der Waals surface area (Å²) in [7, 11) is 0. The Balaban J connectivity index is 2.16. The molecule has 2 rings (SSSR count). The number of benzene rings is 1. The number of imide groups is 1. The maximum absolute atomic E-state index is 12.2. The predicted molar refractivity (Wildman–Crippen MR) is 104 cm³/mol. The normalized spacial score (nSPS) is 10.7. The summed E-state index contributed by atoms with van der Waals surface area (Å²) in [6, 6.07) is 6.00. The number of pyridine rings is 1. The van der Waals surface area contributed by atoms with Crippen LogP contribution in [0, 0.1) is 0 Å². The van der Waals surface area contributed by atoms with Gasteiger partial charge in [-0.1, -0.05) is 64.6 Å². The molecule has 0 aliphatic carbocycles. The molecule has 0 saturated heterocycles. The molecule has 25 heavy (non-hydrogen) atoms. The largest absolute Gasteiger partial charge is 0.326 e. The third-order valence-electron chi connectivity index (χ3n) is 3.24. The molecule has 3 amide bonds. The van der Waals surface area contributed by atoms with E-state index in [-0.39, 0.29) is 26.8 Å². The number of amides is 3. The van der Waals surface area contributed by atoms with Gasteiger partial charge in [0.2, 0.25) is 0 Å². The number of anilines is 1. The molecule has 0 atom stereocenters. The number of rotatable bonds is 3. The summed E-state index contributed by atoms with van der Waals surface area (Å²) in [5.74, 6) is -0.561. The molecule has 1 aromatic heterocycles. The Kier molecular flexibility index (Phi) is 6.68. The molecule has 0 aliphatic rings. The lowest BCUT2D eigenvalue weighted by molar-refractivity contribution is 0.0967. The van der Waals surface area contributed by atoms with E-state index >= 15 is 0 Å². The quantitative estimate of drug-likeness (QED) is 0.555. The molecule has 1 aromatic carbocycles. The summed E-state index contributed by atoms with van der Waals surface area (Å²) in [6.07, 6.45) is 0. The van der Waals surface area contributed by atoms with Crippen LogP contribution in [0.2, 0.25) is 15.3 Å². The Labute approximate surface area is 168 Å². The molecule has 5 nitrogen and oxygen atoms in total. The summed E-state index contributed by atoms with van der Waals surface area (Å²) in [5.41, 5.74) is 1.47. The molecule has 9 heteroatoms. The molecule has 2 aromatic rings. The lowest BCUT2D eigenvalue weighted by Gasteiger charge is -2.14. The zero-order valence-corrected chi connectivity index (χ0v) is 17.0. The van der Waals surface area contributed by atoms with E-state index in [0.29, 0.717) is 5.69 Å². The topological polar surface area (TPSA) is 71.1 Å². The van der Waals surface area contributed by atoms with Gasteiger partial charge in [0.1, 0.15) is 10.3 Å². The van der Waals surface area contributed by atoms with E-state index in [1.165, 1.54) is 6.07 Å². The van der Waals surface area contributed by atoms with Crippen molar-refractivity contribution in [3.63, 3.8) is 0 Å². The van der Waals surface area contributed by atoms with Crippen LogP contribution in [0.15, 0.2) is 28.7 Å². The first-order valence-electron chi connectivity index (χ1n) is 7.12. The minimum absolute atomic E-state index is 0.0240. The minimum Gasteiger partial charge on any atom is -0.307 e. The Bertz CT molecular complexity index is 844. The van der Waals surface area contributed by atoms with Crippen LogP contribution in [0.25, 0.3) is 0 Å². The van der Waals surface area contributed by atoms with Gasteiger partial charge in [-0.2, -0.15) is 0 Å². The highest BCUT2D eigenvalue weighted by Crippen LogP contribution is 2.28. The molecule has 0 bridgehead atoms. The van der Waals surface area contributed by atoms with Crippen molar-refractivity contribution >= 4 is 68.4 Å². The molecule has 132 valence electrons. The van der Waals surface area contributed by atoms with Crippen LogP contribution in [0.4, 0.5) is 10.5 Å². The molecular formula is C16H13BrCl3N3O2. The first kappa shape index (κ1) is 20.0.